The summed E-state index contributed by atoms with van der Waals surface area (Å²) in [5.41, 5.74) is 1.97. The van der Waals surface area contributed by atoms with Crippen LogP contribution in [0.3, 0.4) is 0 Å². The molecule has 122 valence electrons. The van der Waals surface area contributed by atoms with Crippen LogP contribution >= 0.6 is 15.9 Å². The Bertz CT molecular complexity index is 511. The Morgan fingerprint density at radius 3 is 2.68 bits per heavy atom. The van der Waals surface area contributed by atoms with E-state index in [9.17, 15) is 4.79 Å². The van der Waals surface area contributed by atoms with Gasteiger partial charge in [-0.3, -0.25) is 4.79 Å². The van der Waals surface area contributed by atoms with Gasteiger partial charge in [0.2, 0.25) is 0 Å². The molecule has 0 aliphatic rings. The molecule has 1 aromatic rings. The van der Waals surface area contributed by atoms with Gasteiger partial charge in [0, 0.05) is 5.56 Å². The van der Waals surface area contributed by atoms with Gasteiger partial charge in [0.15, 0.2) is 0 Å². The smallest absolute Gasteiger partial charge is 0.310 e. The predicted molar refractivity (Wildman–Crippen MR) is 93.5 cm³/mol. The van der Waals surface area contributed by atoms with Crippen LogP contribution in [0.5, 0.6) is 5.75 Å². The lowest BCUT2D eigenvalue weighted by molar-refractivity contribution is -0.142. The van der Waals surface area contributed by atoms with E-state index in [0.717, 1.165) is 23.3 Å². The van der Waals surface area contributed by atoms with Gasteiger partial charge in [-0.25, -0.2) is 0 Å². The Balaban J connectivity index is 3.00. The van der Waals surface area contributed by atoms with Gasteiger partial charge in [-0.15, -0.1) is 0 Å². The van der Waals surface area contributed by atoms with E-state index in [0.29, 0.717) is 12.5 Å². The van der Waals surface area contributed by atoms with Crippen molar-refractivity contribution in [2.45, 2.75) is 46.6 Å². The monoisotopic (exact) mass is 368 g/mol. The number of ether oxygens (including phenoxy) is 2. The standard InChI is InChI=1S/C18H25BrO3/c1-5-14(4)16(9-10-19)22-17-11-13(3)7-8-15(17)12-18(20)21-6-2/h7-11,14,16H,5-6,12H2,1-4H3/b10-9+/t14-,16?/m0/s1. The topological polar surface area (TPSA) is 35.5 Å². The molecular weight excluding hydrogens is 344 g/mol. The minimum absolute atomic E-state index is 0.0351. The minimum Gasteiger partial charge on any atom is -0.486 e. The summed E-state index contributed by atoms with van der Waals surface area (Å²) in [5, 5.41) is 0. The molecule has 2 atom stereocenters. The summed E-state index contributed by atoms with van der Waals surface area (Å²) in [4.78, 5) is 13.6. The molecular formula is C18H25BrO3. The molecule has 0 saturated carbocycles. The van der Waals surface area contributed by atoms with Crippen molar-refractivity contribution >= 4 is 21.9 Å². The van der Waals surface area contributed by atoms with Crippen molar-refractivity contribution in [2.75, 3.05) is 6.61 Å². The largest absolute Gasteiger partial charge is 0.486 e. The van der Waals surface area contributed by atoms with Crippen molar-refractivity contribution < 1.29 is 14.3 Å². The zero-order valence-corrected chi connectivity index (χ0v) is 15.4. The number of halogens is 1. The molecule has 0 aliphatic heterocycles. The molecule has 1 rings (SSSR count). The van der Waals surface area contributed by atoms with Gasteiger partial charge in [-0.2, -0.15) is 0 Å². The molecule has 0 aliphatic carbocycles. The molecule has 0 radical (unpaired) electrons. The zero-order chi connectivity index (χ0) is 16.5. The summed E-state index contributed by atoms with van der Waals surface area (Å²) >= 11 is 3.32. The second-order valence-electron chi connectivity index (χ2n) is 5.38. The molecule has 4 heteroatoms. The van der Waals surface area contributed by atoms with Gasteiger partial charge < -0.3 is 9.47 Å². The molecule has 0 amide bonds. The third-order valence-electron chi connectivity index (χ3n) is 3.59. The quantitative estimate of drug-likeness (QED) is 0.618. The number of aryl methyl sites for hydroxylation is 1. The first-order valence-electron chi connectivity index (χ1n) is 7.70. The fourth-order valence-electron chi connectivity index (χ4n) is 2.08. The lowest BCUT2D eigenvalue weighted by atomic mass is 10.0. The number of benzene rings is 1. The Labute approximate surface area is 141 Å². The van der Waals surface area contributed by atoms with Gasteiger partial charge in [-0.05, 0) is 48.9 Å². The molecule has 22 heavy (non-hydrogen) atoms. The first-order chi connectivity index (χ1) is 10.5. The summed E-state index contributed by atoms with van der Waals surface area (Å²) in [5.74, 6) is 0.904. The first kappa shape index (κ1) is 18.8. The van der Waals surface area contributed by atoms with E-state index in [1.807, 2.05) is 43.1 Å². The molecule has 0 bridgehead atoms. The van der Waals surface area contributed by atoms with Crippen molar-refractivity contribution in [3.8, 4) is 5.75 Å². The number of esters is 1. The maximum absolute atomic E-state index is 11.8. The third kappa shape index (κ3) is 5.84. The molecule has 0 N–H and O–H groups in total. The van der Waals surface area contributed by atoms with Gasteiger partial charge in [0.05, 0.1) is 13.0 Å². The Morgan fingerprint density at radius 2 is 2.09 bits per heavy atom. The summed E-state index contributed by atoms with van der Waals surface area (Å²) < 4.78 is 11.2. The second kappa shape index (κ2) is 9.67. The maximum atomic E-state index is 11.8. The van der Waals surface area contributed by atoms with E-state index >= 15 is 0 Å². The molecule has 1 aromatic carbocycles. The van der Waals surface area contributed by atoms with Crippen LogP contribution in [0.2, 0.25) is 0 Å². The lowest BCUT2D eigenvalue weighted by Gasteiger charge is -2.23. The zero-order valence-electron chi connectivity index (χ0n) is 13.8. The van der Waals surface area contributed by atoms with E-state index in [2.05, 4.69) is 29.8 Å². The van der Waals surface area contributed by atoms with Gasteiger partial charge in [0.25, 0.3) is 0 Å². The highest BCUT2D eigenvalue weighted by molar-refractivity contribution is 9.11. The highest BCUT2D eigenvalue weighted by atomic mass is 79.9. The van der Waals surface area contributed by atoms with Crippen LogP contribution in [0.15, 0.2) is 29.3 Å². The Morgan fingerprint density at radius 1 is 1.36 bits per heavy atom. The van der Waals surface area contributed by atoms with Crippen LogP contribution in [-0.4, -0.2) is 18.7 Å². The Kier molecular flexibility index (Phi) is 8.25. The minimum atomic E-state index is -0.229. The summed E-state index contributed by atoms with van der Waals surface area (Å²) in [6.07, 6.45) is 3.20. The van der Waals surface area contributed by atoms with Crippen molar-refractivity contribution in [3.05, 3.63) is 40.4 Å². The summed E-state index contributed by atoms with van der Waals surface area (Å²) in [6, 6.07) is 5.90. The molecule has 0 spiro atoms. The first-order valence-corrected chi connectivity index (χ1v) is 8.62. The van der Waals surface area contributed by atoms with E-state index in [1.54, 1.807) is 0 Å². The fourth-order valence-corrected chi connectivity index (χ4v) is 2.38. The average Bonchev–Trinajstić information content (AvgIpc) is 2.49. The molecule has 3 nitrogen and oxygen atoms in total. The summed E-state index contributed by atoms with van der Waals surface area (Å²) in [6.45, 7) is 8.50. The van der Waals surface area contributed by atoms with Crippen LogP contribution in [0.4, 0.5) is 0 Å². The maximum Gasteiger partial charge on any atom is 0.310 e. The van der Waals surface area contributed by atoms with E-state index in [4.69, 9.17) is 9.47 Å². The molecule has 1 unspecified atom stereocenters. The SMILES string of the molecule is CCOC(=O)Cc1ccc(C)cc1OC(/C=C/Br)[C@@H](C)CC. The van der Waals surface area contributed by atoms with Crippen molar-refractivity contribution in [3.63, 3.8) is 0 Å². The van der Waals surface area contributed by atoms with Crippen LogP contribution in [0, 0.1) is 12.8 Å². The summed E-state index contributed by atoms with van der Waals surface area (Å²) in [7, 11) is 0. The van der Waals surface area contributed by atoms with Crippen LogP contribution in [0.25, 0.3) is 0 Å². The predicted octanol–water partition coefficient (Wildman–Crippen LogP) is 4.80. The van der Waals surface area contributed by atoms with Gasteiger partial charge >= 0.3 is 5.97 Å². The van der Waals surface area contributed by atoms with Crippen LogP contribution < -0.4 is 4.74 Å². The highest BCUT2D eigenvalue weighted by Gasteiger charge is 2.18. The fraction of sp³-hybridized carbons (Fsp3) is 0.500. The number of hydrogen-bond donors (Lipinski definition) is 0. The number of rotatable bonds is 8. The van der Waals surface area contributed by atoms with Crippen molar-refractivity contribution in [2.24, 2.45) is 5.92 Å². The van der Waals surface area contributed by atoms with Crippen molar-refractivity contribution in [1.29, 1.82) is 0 Å². The lowest BCUT2D eigenvalue weighted by Crippen LogP contribution is -2.23. The second-order valence-corrected chi connectivity index (χ2v) is 5.91. The van der Waals surface area contributed by atoms with Crippen LogP contribution in [-0.2, 0) is 16.0 Å². The Hall–Kier alpha value is -1.29. The van der Waals surface area contributed by atoms with E-state index < -0.39 is 0 Å². The highest BCUT2D eigenvalue weighted by Crippen LogP contribution is 2.25. The van der Waals surface area contributed by atoms with Crippen LogP contribution in [0.1, 0.15) is 38.3 Å². The molecule has 0 saturated heterocycles. The third-order valence-corrected chi connectivity index (χ3v) is 3.90. The van der Waals surface area contributed by atoms with Crippen molar-refractivity contribution in [1.82, 2.24) is 0 Å². The van der Waals surface area contributed by atoms with E-state index in [1.165, 1.54) is 0 Å². The number of carbonyl (C=O) groups is 1. The van der Waals surface area contributed by atoms with E-state index in [-0.39, 0.29) is 18.5 Å². The molecule has 0 aromatic heterocycles. The van der Waals surface area contributed by atoms with Gasteiger partial charge in [0.1, 0.15) is 11.9 Å². The normalized spacial score (nSPS) is 13.9. The molecule has 0 fully saturated rings. The number of hydrogen-bond acceptors (Lipinski definition) is 3. The number of carbonyl (C=O) groups excluding carboxylic acids is 1. The average molecular weight is 369 g/mol. The molecule has 0 heterocycles. The van der Waals surface area contributed by atoms with Gasteiger partial charge in [-0.1, -0.05) is 41.9 Å².